The Hall–Kier alpha value is -1.98. The summed E-state index contributed by atoms with van der Waals surface area (Å²) >= 11 is 0. The molecule has 39 heavy (non-hydrogen) atoms. The van der Waals surface area contributed by atoms with Gasteiger partial charge in [0.15, 0.2) is 0 Å². The molecule has 2 saturated carbocycles. The molecule has 1 heterocycles. The summed E-state index contributed by atoms with van der Waals surface area (Å²) in [5.74, 6) is 2.86. The summed E-state index contributed by atoms with van der Waals surface area (Å²) in [6, 6.07) is 14.4. The zero-order chi connectivity index (χ0) is 27.5. The molecule has 5 rings (SSSR count). The summed E-state index contributed by atoms with van der Waals surface area (Å²) in [7, 11) is 1.14. The van der Waals surface area contributed by atoms with Crippen LogP contribution in [0.15, 0.2) is 42.6 Å². The van der Waals surface area contributed by atoms with Gasteiger partial charge in [0.05, 0.1) is 0 Å². The van der Waals surface area contributed by atoms with E-state index >= 15 is 0 Å². The Bertz CT molecular complexity index is 1230. The Kier molecular flexibility index (Phi) is 9.28. The average molecular weight is 540 g/mol. The van der Waals surface area contributed by atoms with E-state index in [1.165, 1.54) is 103 Å². The van der Waals surface area contributed by atoms with E-state index < -0.39 is 0 Å². The first kappa shape index (κ1) is 28.5. The Morgan fingerprint density at radius 2 is 1.21 bits per heavy atom. The topological polar surface area (TPSA) is 12.9 Å². The molecular weight excluding hydrogens is 489 g/mol. The molecule has 1 aromatic heterocycles. The van der Waals surface area contributed by atoms with Gasteiger partial charge in [-0.2, -0.15) is 0 Å². The van der Waals surface area contributed by atoms with E-state index in [1.807, 2.05) is 0 Å². The Balaban J connectivity index is 1.76. The molecule has 0 spiro atoms. The molecule has 2 fully saturated rings. The van der Waals surface area contributed by atoms with Gasteiger partial charge < -0.3 is 0 Å². The highest BCUT2D eigenvalue weighted by atomic mass is 31.0. The lowest BCUT2D eigenvalue weighted by molar-refractivity contribution is 0.419. The van der Waals surface area contributed by atoms with Crippen LogP contribution in [0.3, 0.4) is 0 Å². The molecule has 0 bridgehead atoms. The number of nitrogens with zero attached hydrogens (tertiary/aromatic N) is 1. The summed E-state index contributed by atoms with van der Waals surface area (Å²) in [5.41, 5.74) is 12.1. The maximum atomic E-state index is 5.08. The zero-order valence-corrected chi connectivity index (χ0v) is 26.3. The highest BCUT2D eigenvalue weighted by Crippen LogP contribution is 2.50. The van der Waals surface area contributed by atoms with Crippen molar-refractivity contribution in [3.05, 3.63) is 70.4 Å². The molecule has 2 heteroatoms. The summed E-state index contributed by atoms with van der Waals surface area (Å²) in [4.78, 5) is 0. The maximum absolute atomic E-state index is 5.08. The lowest BCUT2D eigenvalue weighted by Crippen LogP contribution is -2.13. The largest absolute Gasteiger partial charge is 0.235 e. The van der Waals surface area contributed by atoms with Gasteiger partial charge in [-0.05, 0) is 99.8 Å². The zero-order valence-electron chi connectivity index (χ0n) is 25.4. The number of hydrogen-bond acceptors (Lipinski definition) is 1. The van der Waals surface area contributed by atoms with Gasteiger partial charge in [-0.25, -0.2) is 4.75 Å². The molecule has 0 aliphatic heterocycles. The predicted molar refractivity (Wildman–Crippen MR) is 172 cm³/mol. The van der Waals surface area contributed by atoms with Gasteiger partial charge in [-0.1, -0.05) is 116 Å². The van der Waals surface area contributed by atoms with Crippen molar-refractivity contribution in [2.24, 2.45) is 0 Å². The molecule has 0 unspecified atom stereocenters. The van der Waals surface area contributed by atoms with Crippen molar-refractivity contribution < 1.29 is 0 Å². The monoisotopic (exact) mass is 539 g/mol. The Morgan fingerprint density at radius 3 is 1.74 bits per heavy atom. The summed E-state index contributed by atoms with van der Waals surface area (Å²) in [6.07, 6.45) is 16.0. The summed E-state index contributed by atoms with van der Waals surface area (Å²) in [6.45, 7) is 14.2. The van der Waals surface area contributed by atoms with Crippen LogP contribution in [0, 0.1) is 0 Å². The van der Waals surface area contributed by atoms with E-state index in [-0.39, 0.29) is 0 Å². The van der Waals surface area contributed by atoms with Crippen LogP contribution in [0.1, 0.15) is 163 Å². The highest BCUT2D eigenvalue weighted by molar-refractivity contribution is 7.29. The fourth-order valence-electron chi connectivity index (χ4n) is 7.34. The molecule has 1 nitrogen and oxygen atoms in total. The van der Waals surface area contributed by atoms with E-state index in [1.54, 1.807) is 11.1 Å². The van der Waals surface area contributed by atoms with Gasteiger partial charge >= 0.3 is 0 Å². The number of hydrogen-bond donors (Lipinski definition) is 0. The summed E-state index contributed by atoms with van der Waals surface area (Å²) < 4.78 is 5.08. The van der Waals surface area contributed by atoms with Crippen molar-refractivity contribution >= 4 is 8.35 Å². The number of rotatable bonds is 7. The van der Waals surface area contributed by atoms with Gasteiger partial charge in [-0.15, -0.1) is 0 Å². The van der Waals surface area contributed by atoms with Gasteiger partial charge in [0.2, 0.25) is 0 Å². The molecule has 0 N–H and O–H groups in total. The van der Waals surface area contributed by atoms with Crippen molar-refractivity contribution in [1.29, 1.82) is 0 Å². The van der Waals surface area contributed by atoms with Crippen molar-refractivity contribution in [1.82, 2.24) is 4.75 Å². The lowest BCUT2D eigenvalue weighted by Gasteiger charge is -2.31. The fourth-order valence-corrected chi connectivity index (χ4v) is 8.36. The third-order valence-electron chi connectivity index (χ3n) is 9.56. The van der Waals surface area contributed by atoms with Crippen LogP contribution in [0.25, 0.3) is 22.0 Å². The number of benzene rings is 2. The minimum absolute atomic E-state index is 0.474. The molecule has 2 aromatic carbocycles. The van der Waals surface area contributed by atoms with Crippen molar-refractivity contribution in [2.75, 3.05) is 0 Å². The van der Waals surface area contributed by atoms with Gasteiger partial charge in [0, 0.05) is 19.8 Å². The molecule has 2 aliphatic carbocycles. The quantitative estimate of drug-likeness (QED) is 0.291. The Morgan fingerprint density at radius 1 is 0.667 bits per heavy atom. The average Bonchev–Trinajstić information content (AvgIpc) is 2.96. The maximum Gasteiger partial charge on any atom is 0.0462 e. The second-order valence-electron chi connectivity index (χ2n) is 13.3. The van der Waals surface area contributed by atoms with Gasteiger partial charge in [-0.3, -0.25) is 0 Å². The van der Waals surface area contributed by atoms with Crippen LogP contribution < -0.4 is 0 Å². The highest BCUT2D eigenvalue weighted by Gasteiger charge is 2.29. The summed E-state index contributed by atoms with van der Waals surface area (Å²) in [5, 5.41) is 1.51. The first-order valence-corrected chi connectivity index (χ1v) is 16.8. The fraction of sp³-hybridized carbons (Fsp3) is 0.568. The van der Waals surface area contributed by atoms with Crippen LogP contribution in [0.2, 0.25) is 0 Å². The predicted octanol–water partition coefficient (Wildman–Crippen LogP) is 12.5. The van der Waals surface area contributed by atoms with E-state index in [0.29, 0.717) is 29.6 Å². The van der Waals surface area contributed by atoms with Crippen LogP contribution in [0.5, 0.6) is 0 Å². The first-order valence-electron chi connectivity index (χ1n) is 16.0. The molecule has 0 amide bonds. The second-order valence-corrected chi connectivity index (χ2v) is 14.2. The molecule has 208 valence electrons. The van der Waals surface area contributed by atoms with Crippen LogP contribution in [-0.2, 0) is 0 Å². The molecule has 3 aromatic rings. The normalized spacial score (nSPS) is 17.7. The second kappa shape index (κ2) is 12.7. The van der Waals surface area contributed by atoms with Gasteiger partial charge in [0.1, 0.15) is 0 Å². The molecular formula is C37H50NP. The van der Waals surface area contributed by atoms with Crippen molar-refractivity contribution in [2.45, 2.75) is 135 Å². The van der Waals surface area contributed by atoms with Crippen LogP contribution >= 0.6 is 8.35 Å². The molecule has 0 saturated heterocycles. The van der Waals surface area contributed by atoms with E-state index in [2.05, 4.69) is 84.1 Å². The number of aromatic nitrogens is 1. The minimum atomic E-state index is 0.474. The standard InChI is InChI=1S/C37H50NP/c1-24(2)29-21-32(25(3)4)36(33(22-29)26(5)6)30-19-13-14-20-31(30)37-35(28-17-11-8-12-18-28)34(23-38-39-37)27-15-9-7-10-16-27/h13-14,19-28H,7-12,15-18H2,1-6H3. The van der Waals surface area contributed by atoms with E-state index in [0.717, 1.165) is 8.35 Å². The third-order valence-corrected chi connectivity index (χ3v) is 10.5. The first-order chi connectivity index (χ1) is 18.9. The minimum Gasteiger partial charge on any atom is -0.235 e. The molecule has 2 aliphatic rings. The molecule has 0 radical (unpaired) electrons. The lowest BCUT2D eigenvalue weighted by atomic mass is 9.75. The van der Waals surface area contributed by atoms with E-state index in [4.69, 9.17) is 4.75 Å². The third kappa shape index (κ3) is 6.05. The van der Waals surface area contributed by atoms with E-state index in [9.17, 15) is 0 Å². The Labute approximate surface area is 240 Å². The van der Waals surface area contributed by atoms with Crippen molar-refractivity contribution in [3.8, 4) is 22.0 Å². The van der Waals surface area contributed by atoms with Crippen LogP contribution in [-0.4, -0.2) is 4.75 Å². The molecule has 0 atom stereocenters. The SMILES string of the molecule is CC(C)c1cc(C(C)C)c(-c2ccccc2-c2pncc(C3CCCCC3)c2C2CCCCC2)c(C(C)C)c1. The van der Waals surface area contributed by atoms with Crippen LogP contribution in [0.4, 0.5) is 0 Å². The van der Waals surface area contributed by atoms with Gasteiger partial charge in [0.25, 0.3) is 0 Å². The smallest absolute Gasteiger partial charge is 0.0462 e. The van der Waals surface area contributed by atoms with Crippen molar-refractivity contribution in [3.63, 3.8) is 0 Å².